The molecule has 220 valence electrons. The molecule has 3 amide bonds. The van der Waals surface area contributed by atoms with Crippen molar-refractivity contribution in [1.29, 1.82) is 0 Å². The number of hydrogen-bond donors (Lipinski definition) is 3. The van der Waals surface area contributed by atoms with Crippen LogP contribution in [0.2, 0.25) is 0 Å². The Morgan fingerprint density at radius 1 is 1.05 bits per heavy atom. The summed E-state index contributed by atoms with van der Waals surface area (Å²) in [5, 5.41) is 21.7. The molecular weight excluding hydrogens is 538 g/mol. The lowest BCUT2D eigenvalue weighted by atomic mass is 9.97. The summed E-state index contributed by atoms with van der Waals surface area (Å²) in [5.41, 5.74) is 4.79. The Morgan fingerprint density at radius 2 is 1.81 bits per heavy atom. The van der Waals surface area contributed by atoms with Crippen LogP contribution in [0.5, 0.6) is 0 Å². The number of aromatic nitrogens is 4. The highest BCUT2D eigenvalue weighted by Crippen LogP contribution is 2.45. The van der Waals surface area contributed by atoms with Crippen LogP contribution in [0, 0.1) is 5.92 Å². The van der Waals surface area contributed by atoms with Crippen LogP contribution in [-0.2, 0) is 16.1 Å². The van der Waals surface area contributed by atoms with Crippen molar-refractivity contribution in [2.24, 2.45) is 5.92 Å². The third-order valence-electron chi connectivity index (χ3n) is 7.56. The number of rotatable bonds is 6. The Kier molecular flexibility index (Phi) is 6.74. The van der Waals surface area contributed by atoms with Gasteiger partial charge in [0, 0.05) is 50.3 Å². The van der Waals surface area contributed by atoms with E-state index in [4.69, 9.17) is 9.84 Å². The summed E-state index contributed by atoms with van der Waals surface area (Å²) >= 11 is 0. The van der Waals surface area contributed by atoms with E-state index in [1.807, 2.05) is 56.9 Å². The molecule has 2 aromatic heterocycles. The fraction of sp³-hybridized carbons (Fsp3) is 0.448. The third kappa shape index (κ3) is 5.21. The highest BCUT2D eigenvalue weighted by atomic mass is 16.6. The summed E-state index contributed by atoms with van der Waals surface area (Å²) in [6, 6.07) is 7.63. The van der Waals surface area contributed by atoms with Gasteiger partial charge in [-0.1, -0.05) is 12.1 Å². The molecule has 1 saturated heterocycles. The van der Waals surface area contributed by atoms with Gasteiger partial charge in [0.1, 0.15) is 5.60 Å². The minimum atomic E-state index is -0.537. The van der Waals surface area contributed by atoms with Crippen LogP contribution >= 0.6 is 0 Å². The number of anilines is 4. The van der Waals surface area contributed by atoms with Crippen molar-refractivity contribution in [1.82, 2.24) is 30.2 Å². The minimum absolute atomic E-state index is 0.00653. The molecule has 1 saturated carbocycles. The third-order valence-corrected chi connectivity index (χ3v) is 7.56. The number of carbonyl (C=O) groups excluding carboxylic acids is 3. The topological polar surface area (TPSA) is 147 Å². The van der Waals surface area contributed by atoms with Gasteiger partial charge in [0.15, 0.2) is 11.5 Å². The van der Waals surface area contributed by atoms with Gasteiger partial charge in [0.25, 0.3) is 5.91 Å². The monoisotopic (exact) mass is 573 g/mol. The molecule has 3 aromatic rings. The Bertz CT molecular complexity index is 1570. The molecular formula is C29H35N9O4. The summed E-state index contributed by atoms with van der Waals surface area (Å²) in [6.45, 7) is 7.26. The molecule has 1 aliphatic carbocycles. The normalized spacial score (nSPS) is 16.2. The second kappa shape index (κ2) is 10.3. The molecule has 0 radical (unpaired) electrons. The van der Waals surface area contributed by atoms with Crippen molar-refractivity contribution in [2.75, 3.05) is 42.7 Å². The Balaban J connectivity index is 1.27. The average molecular weight is 574 g/mol. The Labute approximate surface area is 243 Å². The van der Waals surface area contributed by atoms with E-state index in [0.717, 1.165) is 41.0 Å². The number of nitrogens with zero attached hydrogens (tertiary/aromatic N) is 6. The maximum absolute atomic E-state index is 12.6. The van der Waals surface area contributed by atoms with Crippen LogP contribution in [0.15, 0.2) is 30.5 Å². The molecule has 0 atom stereocenters. The summed E-state index contributed by atoms with van der Waals surface area (Å²) in [7, 11) is 3.53. The number of benzene rings is 1. The molecule has 2 aliphatic heterocycles. The highest BCUT2D eigenvalue weighted by molar-refractivity contribution is 6.01. The number of ether oxygens (including phenoxy) is 1. The molecule has 3 N–H and O–H groups in total. The Morgan fingerprint density at radius 3 is 2.50 bits per heavy atom. The fourth-order valence-electron chi connectivity index (χ4n) is 5.30. The van der Waals surface area contributed by atoms with E-state index in [1.54, 1.807) is 11.0 Å². The molecule has 13 nitrogen and oxygen atoms in total. The zero-order valence-corrected chi connectivity index (χ0v) is 24.4. The number of likely N-dealkylation sites (tertiary alicyclic amines) is 1. The van der Waals surface area contributed by atoms with Crippen molar-refractivity contribution < 1.29 is 19.1 Å². The second-order valence-corrected chi connectivity index (χ2v) is 12.0. The van der Waals surface area contributed by atoms with Crippen molar-refractivity contribution in [3.05, 3.63) is 41.9 Å². The summed E-state index contributed by atoms with van der Waals surface area (Å²) in [4.78, 5) is 41.2. The number of nitrogens with one attached hydrogen (secondary N) is 3. The van der Waals surface area contributed by atoms with Gasteiger partial charge in [0.2, 0.25) is 5.91 Å². The SMILES string of the molecule is CNC(=O)c1nnc(NC(=O)C2CC2)cc1Nc1cccc2c1N(C)Cc1c-2cnn1C1CN(C(=O)OC(C)(C)C)C1. The van der Waals surface area contributed by atoms with Gasteiger partial charge in [-0.3, -0.25) is 14.3 Å². The Hall–Kier alpha value is -4.68. The van der Waals surface area contributed by atoms with Crippen LogP contribution in [0.1, 0.15) is 55.8 Å². The standard InChI is InChI=1S/C29H35N9O4/c1-29(2,3)42-28(41)37-13-17(14-37)38-22-15-36(5)25-18(19(22)12-31-38)7-6-8-20(25)32-21-11-23(33-26(39)16-9-10-16)34-35-24(21)27(40)30-4/h6-8,11-12,16-17H,9-10,13-15H2,1-5H3,(H,30,40)(H2,32,33,34,39). The average Bonchev–Trinajstić information content (AvgIpc) is 3.68. The van der Waals surface area contributed by atoms with Gasteiger partial charge < -0.3 is 30.5 Å². The van der Waals surface area contributed by atoms with Crippen LogP contribution in [-0.4, -0.2) is 75.6 Å². The van der Waals surface area contributed by atoms with Gasteiger partial charge in [-0.05, 0) is 39.7 Å². The quantitative estimate of drug-likeness (QED) is 0.403. The molecule has 6 rings (SSSR count). The van der Waals surface area contributed by atoms with E-state index in [1.165, 1.54) is 7.05 Å². The molecule has 13 heteroatoms. The fourth-order valence-corrected chi connectivity index (χ4v) is 5.30. The first-order valence-corrected chi connectivity index (χ1v) is 14.1. The first-order chi connectivity index (χ1) is 20.0. The summed E-state index contributed by atoms with van der Waals surface area (Å²) in [6.07, 6.45) is 3.29. The lowest BCUT2D eigenvalue weighted by Gasteiger charge is -2.41. The predicted octanol–water partition coefficient (Wildman–Crippen LogP) is 3.53. The van der Waals surface area contributed by atoms with Crippen LogP contribution in [0.3, 0.4) is 0 Å². The number of amides is 3. The molecule has 1 aromatic carbocycles. The second-order valence-electron chi connectivity index (χ2n) is 12.0. The van der Waals surface area contributed by atoms with Gasteiger partial charge >= 0.3 is 6.09 Å². The van der Waals surface area contributed by atoms with Crippen LogP contribution in [0.25, 0.3) is 11.1 Å². The van der Waals surface area contributed by atoms with Crippen molar-refractivity contribution in [3.63, 3.8) is 0 Å². The smallest absolute Gasteiger partial charge is 0.410 e. The lowest BCUT2D eigenvalue weighted by Crippen LogP contribution is -2.52. The molecule has 3 aliphatic rings. The summed E-state index contributed by atoms with van der Waals surface area (Å²) < 4.78 is 7.52. The minimum Gasteiger partial charge on any atom is -0.444 e. The van der Waals surface area contributed by atoms with Gasteiger partial charge in [-0.25, -0.2) is 4.79 Å². The van der Waals surface area contributed by atoms with Crippen molar-refractivity contribution in [3.8, 4) is 11.1 Å². The van der Waals surface area contributed by atoms with Crippen molar-refractivity contribution >= 4 is 40.8 Å². The number of para-hydroxylation sites is 1. The lowest BCUT2D eigenvalue weighted by molar-refractivity contribution is -0.117. The van der Waals surface area contributed by atoms with Gasteiger partial charge in [-0.15, -0.1) is 10.2 Å². The van der Waals surface area contributed by atoms with E-state index in [0.29, 0.717) is 25.3 Å². The number of fused-ring (bicyclic) bond motifs is 3. The molecule has 2 fully saturated rings. The van der Waals surface area contributed by atoms with E-state index in [2.05, 4.69) is 31.0 Å². The number of carbonyl (C=O) groups is 3. The number of hydrogen-bond acceptors (Lipinski definition) is 9. The molecule has 0 unspecified atom stereocenters. The van der Waals surface area contributed by atoms with E-state index in [-0.39, 0.29) is 35.5 Å². The van der Waals surface area contributed by atoms with E-state index < -0.39 is 11.5 Å². The van der Waals surface area contributed by atoms with Gasteiger partial charge in [0.05, 0.1) is 41.5 Å². The zero-order chi connectivity index (χ0) is 29.8. The maximum Gasteiger partial charge on any atom is 0.410 e. The van der Waals surface area contributed by atoms with Crippen LogP contribution < -0.4 is 20.9 Å². The van der Waals surface area contributed by atoms with E-state index >= 15 is 0 Å². The first kappa shape index (κ1) is 27.5. The van der Waals surface area contributed by atoms with Gasteiger partial charge in [-0.2, -0.15) is 5.10 Å². The van der Waals surface area contributed by atoms with Crippen LogP contribution in [0.4, 0.5) is 27.7 Å². The van der Waals surface area contributed by atoms with Crippen molar-refractivity contribution in [2.45, 2.75) is 51.8 Å². The summed E-state index contributed by atoms with van der Waals surface area (Å²) in [5.74, 6) is -0.200. The van der Waals surface area contributed by atoms with E-state index in [9.17, 15) is 14.4 Å². The largest absolute Gasteiger partial charge is 0.444 e. The molecule has 0 spiro atoms. The predicted molar refractivity (Wildman–Crippen MR) is 157 cm³/mol. The highest BCUT2D eigenvalue weighted by Gasteiger charge is 2.38. The zero-order valence-electron chi connectivity index (χ0n) is 24.4. The molecule has 0 bridgehead atoms. The molecule has 42 heavy (non-hydrogen) atoms. The first-order valence-electron chi connectivity index (χ1n) is 14.1. The molecule has 4 heterocycles. The maximum atomic E-state index is 12.6.